The first kappa shape index (κ1) is 26.6. The van der Waals surface area contributed by atoms with Gasteiger partial charge in [-0.15, -0.1) is 0 Å². The van der Waals surface area contributed by atoms with Crippen molar-refractivity contribution in [3.63, 3.8) is 0 Å². The quantitative estimate of drug-likeness (QED) is 0.163. The molecule has 0 unspecified atom stereocenters. The summed E-state index contributed by atoms with van der Waals surface area (Å²) in [5.41, 5.74) is 6.60. The zero-order chi connectivity index (χ0) is 27.9. The minimum absolute atomic E-state index is 0.647. The molecule has 3 aromatic carbocycles. The van der Waals surface area contributed by atoms with Crippen LogP contribution in [0.3, 0.4) is 0 Å². The molecule has 0 amide bonds. The summed E-state index contributed by atoms with van der Waals surface area (Å²) in [7, 11) is 0. The van der Waals surface area contributed by atoms with Crippen molar-refractivity contribution in [2.24, 2.45) is 0 Å². The predicted molar refractivity (Wildman–Crippen MR) is 160 cm³/mol. The highest BCUT2D eigenvalue weighted by molar-refractivity contribution is 14.1. The third-order valence-corrected chi connectivity index (χ3v) is 6.77. The molecule has 196 valence electrons. The zero-order valence-corrected chi connectivity index (χ0v) is 22.9. The number of aromatic amines is 3. The van der Waals surface area contributed by atoms with Gasteiger partial charge in [-0.1, -0.05) is 0 Å². The fourth-order valence-corrected chi connectivity index (χ4v) is 4.49. The first-order valence-corrected chi connectivity index (χ1v) is 13.0. The standard InChI is InChI=1S/C13H9N3O.C8H5IN2O.C8H6N2O/c17-8-9-1-2-12-11(7-9)13(16-15-12)10-3-5-14-6-4-10;9-8-6-3-5(4-12)1-2-7(6)10-11-8;11-5-6-1-2-8-7(3-6)4-9-10-8/h1-8H,(H,15,16);1-4H,(H,10,11);1-5H,(H,9,10). The maximum atomic E-state index is 10.8. The number of hydrogen-bond donors (Lipinski definition) is 3. The molecular weight excluding hydrogens is 621 g/mol. The Labute approximate surface area is 240 Å². The van der Waals surface area contributed by atoms with Gasteiger partial charge in [-0.25, -0.2) is 0 Å². The molecular formula is C29H20IN7O3. The smallest absolute Gasteiger partial charge is 0.150 e. The number of H-pyrrole nitrogens is 3. The van der Waals surface area contributed by atoms with E-state index in [4.69, 9.17) is 0 Å². The van der Waals surface area contributed by atoms with Crippen molar-refractivity contribution in [3.8, 4) is 11.3 Å². The van der Waals surface area contributed by atoms with Gasteiger partial charge in [0.05, 0.1) is 22.7 Å². The predicted octanol–water partition coefficient (Wildman–Crippen LogP) is 5.79. The molecule has 3 N–H and O–H groups in total. The molecule has 0 bridgehead atoms. The van der Waals surface area contributed by atoms with Gasteiger partial charge in [-0.3, -0.25) is 34.7 Å². The first-order valence-electron chi connectivity index (χ1n) is 11.9. The summed E-state index contributed by atoms with van der Waals surface area (Å²) < 4.78 is 0.964. The Bertz CT molecular complexity index is 1940. The normalized spacial score (nSPS) is 10.4. The maximum Gasteiger partial charge on any atom is 0.150 e. The molecule has 4 aromatic heterocycles. The van der Waals surface area contributed by atoms with Crippen molar-refractivity contribution in [1.29, 1.82) is 0 Å². The lowest BCUT2D eigenvalue weighted by atomic mass is 10.1. The summed E-state index contributed by atoms with van der Waals surface area (Å²) >= 11 is 2.15. The number of nitrogens with one attached hydrogen (secondary N) is 3. The second-order valence-electron chi connectivity index (χ2n) is 8.50. The second-order valence-corrected chi connectivity index (χ2v) is 9.58. The van der Waals surface area contributed by atoms with Gasteiger partial charge in [0.25, 0.3) is 0 Å². The van der Waals surface area contributed by atoms with Crippen molar-refractivity contribution in [2.75, 3.05) is 0 Å². The molecule has 0 atom stereocenters. The second kappa shape index (κ2) is 12.2. The number of hydrogen-bond acceptors (Lipinski definition) is 7. The molecule has 0 spiro atoms. The lowest BCUT2D eigenvalue weighted by Crippen LogP contribution is -1.81. The van der Waals surface area contributed by atoms with Gasteiger partial charge < -0.3 is 0 Å². The molecule has 10 nitrogen and oxygen atoms in total. The molecule has 11 heteroatoms. The third-order valence-electron chi connectivity index (χ3n) is 5.94. The highest BCUT2D eigenvalue weighted by Gasteiger charge is 2.08. The van der Waals surface area contributed by atoms with Gasteiger partial charge >= 0.3 is 0 Å². The van der Waals surface area contributed by atoms with Crippen molar-refractivity contribution >= 4 is 74.2 Å². The van der Waals surface area contributed by atoms with Gasteiger partial charge in [0.15, 0.2) is 0 Å². The number of carbonyl (C=O) groups excluding carboxylic acids is 3. The van der Waals surface area contributed by atoms with Crippen LogP contribution in [0.5, 0.6) is 0 Å². The molecule has 0 aliphatic heterocycles. The van der Waals surface area contributed by atoms with Crippen molar-refractivity contribution in [1.82, 2.24) is 35.6 Å². The van der Waals surface area contributed by atoms with E-state index in [1.54, 1.807) is 42.9 Å². The number of aromatic nitrogens is 7. The summed E-state index contributed by atoms with van der Waals surface area (Å²) in [4.78, 5) is 35.5. The fourth-order valence-electron chi connectivity index (χ4n) is 3.94. The van der Waals surface area contributed by atoms with Crippen molar-refractivity contribution < 1.29 is 14.4 Å². The van der Waals surface area contributed by atoms with E-state index in [1.165, 1.54) is 0 Å². The molecule has 0 saturated heterocycles. The monoisotopic (exact) mass is 641 g/mol. The molecule has 7 rings (SSSR count). The highest BCUT2D eigenvalue weighted by atomic mass is 127. The van der Waals surface area contributed by atoms with Crippen LogP contribution in [0.15, 0.2) is 85.3 Å². The van der Waals surface area contributed by atoms with E-state index >= 15 is 0 Å². The van der Waals surface area contributed by atoms with E-state index in [9.17, 15) is 14.4 Å². The van der Waals surface area contributed by atoms with Crippen molar-refractivity contribution in [3.05, 3.63) is 106 Å². The summed E-state index contributed by atoms with van der Waals surface area (Å²) in [5.74, 6) is 0. The number of nitrogens with zero attached hydrogens (tertiary/aromatic N) is 4. The van der Waals surface area contributed by atoms with Crippen molar-refractivity contribution in [2.45, 2.75) is 0 Å². The first-order chi connectivity index (χ1) is 19.6. The van der Waals surface area contributed by atoms with E-state index in [2.05, 4.69) is 58.2 Å². The van der Waals surface area contributed by atoms with E-state index in [1.807, 2.05) is 42.5 Å². The average Bonchev–Trinajstić information content (AvgIpc) is 3.75. The molecule has 0 radical (unpaired) electrons. The minimum atomic E-state index is 0.647. The van der Waals surface area contributed by atoms with Crippen LogP contribution in [-0.4, -0.2) is 54.4 Å². The molecule has 40 heavy (non-hydrogen) atoms. The van der Waals surface area contributed by atoms with Gasteiger partial charge in [-0.05, 0) is 89.3 Å². The topological polar surface area (TPSA) is 150 Å². The van der Waals surface area contributed by atoms with E-state index in [0.717, 1.165) is 66.5 Å². The number of rotatable bonds is 4. The van der Waals surface area contributed by atoms with Crippen LogP contribution in [-0.2, 0) is 0 Å². The van der Waals surface area contributed by atoms with Crippen LogP contribution < -0.4 is 0 Å². The Morgan fingerprint density at radius 1 is 0.650 bits per heavy atom. The third kappa shape index (κ3) is 5.83. The summed E-state index contributed by atoms with van der Waals surface area (Å²) in [5, 5.41) is 23.7. The summed E-state index contributed by atoms with van der Waals surface area (Å²) in [6, 6.07) is 20.1. The summed E-state index contributed by atoms with van der Waals surface area (Å²) in [6.07, 6.45) is 7.64. The largest absolute Gasteiger partial charge is 0.298 e. The lowest BCUT2D eigenvalue weighted by Gasteiger charge is -1.97. The molecule has 0 saturated carbocycles. The molecule has 7 aromatic rings. The summed E-state index contributed by atoms with van der Waals surface area (Å²) in [6.45, 7) is 0. The lowest BCUT2D eigenvalue weighted by molar-refractivity contribution is 0.111. The maximum absolute atomic E-state index is 10.8. The molecule has 0 aliphatic carbocycles. The average molecular weight is 641 g/mol. The van der Waals surface area contributed by atoms with Gasteiger partial charge in [0, 0.05) is 50.8 Å². The number of benzene rings is 3. The number of carbonyl (C=O) groups is 3. The van der Waals surface area contributed by atoms with E-state index < -0.39 is 0 Å². The zero-order valence-electron chi connectivity index (χ0n) is 20.7. The van der Waals surface area contributed by atoms with Crippen LogP contribution in [0.25, 0.3) is 44.0 Å². The number of pyridine rings is 1. The van der Waals surface area contributed by atoms with Gasteiger partial charge in [-0.2, -0.15) is 15.3 Å². The number of aldehydes is 3. The SMILES string of the molecule is O=Cc1ccc2[nH]nc(-c3ccncc3)c2c1.O=Cc1ccc2[nH]ncc2c1.O=Cc1ccc2n[nH]c(I)c2c1. The van der Waals surface area contributed by atoms with E-state index in [0.29, 0.717) is 16.7 Å². The van der Waals surface area contributed by atoms with Gasteiger partial charge in [0.2, 0.25) is 0 Å². The Hall–Kier alpha value is -5.04. The Morgan fingerprint density at radius 3 is 2.02 bits per heavy atom. The molecule has 0 fully saturated rings. The minimum Gasteiger partial charge on any atom is -0.298 e. The van der Waals surface area contributed by atoms with Crippen LogP contribution in [0.2, 0.25) is 0 Å². The van der Waals surface area contributed by atoms with Crippen LogP contribution in [0.1, 0.15) is 31.1 Å². The fraction of sp³-hybridized carbons (Fsp3) is 0. The molecule has 4 heterocycles. The van der Waals surface area contributed by atoms with Crippen LogP contribution in [0, 0.1) is 3.70 Å². The number of halogens is 1. The Balaban J connectivity index is 0.000000125. The molecule has 0 aliphatic rings. The van der Waals surface area contributed by atoms with Crippen LogP contribution in [0.4, 0.5) is 0 Å². The Kier molecular flexibility index (Phi) is 8.11. The van der Waals surface area contributed by atoms with Gasteiger partial charge in [0.1, 0.15) is 28.3 Å². The number of fused-ring (bicyclic) bond motifs is 3. The van der Waals surface area contributed by atoms with E-state index in [-0.39, 0.29) is 0 Å². The Morgan fingerprint density at radius 2 is 1.30 bits per heavy atom. The van der Waals surface area contributed by atoms with Crippen LogP contribution >= 0.6 is 22.6 Å². The highest BCUT2D eigenvalue weighted by Crippen LogP contribution is 2.26.